The monoisotopic (exact) mass is 251 g/mol. The lowest BCUT2D eigenvalue weighted by Gasteiger charge is -2.26. The van der Waals surface area contributed by atoms with E-state index in [4.69, 9.17) is 5.73 Å². The summed E-state index contributed by atoms with van der Waals surface area (Å²) in [5.74, 6) is -0.899. The lowest BCUT2D eigenvalue weighted by atomic mass is 9.88. The van der Waals surface area contributed by atoms with Gasteiger partial charge in [0.05, 0.1) is 17.7 Å². The average Bonchev–Trinajstić information content (AvgIpc) is 2.83. The summed E-state index contributed by atoms with van der Waals surface area (Å²) in [7, 11) is 0. The van der Waals surface area contributed by atoms with Crippen LogP contribution in [0.4, 0.5) is 0 Å². The van der Waals surface area contributed by atoms with Crippen LogP contribution >= 0.6 is 11.5 Å². The first-order valence-electron chi connectivity index (χ1n) is 5.33. The molecule has 0 aliphatic heterocycles. The van der Waals surface area contributed by atoms with Gasteiger partial charge in [-0.1, -0.05) is 12.2 Å². The fraction of sp³-hybridized carbons (Fsp3) is 0.364. The molecule has 2 atom stereocenters. The Labute approximate surface area is 103 Å². The molecule has 0 saturated heterocycles. The van der Waals surface area contributed by atoms with Crippen molar-refractivity contribution in [3.8, 4) is 0 Å². The number of hydrogen-bond acceptors (Lipinski definition) is 4. The Morgan fingerprint density at radius 1 is 1.41 bits per heavy atom. The van der Waals surface area contributed by atoms with E-state index in [0.29, 0.717) is 18.4 Å². The highest BCUT2D eigenvalue weighted by atomic mass is 32.1. The van der Waals surface area contributed by atoms with Crippen molar-refractivity contribution in [2.75, 3.05) is 0 Å². The van der Waals surface area contributed by atoms with Gasteiger partial charge in [0.15, 0.2) is 0 Å². The van der Waals surface area contributed by atoms with Crippen molar-refractivity contribution < 1.29 is 9.59 Å². The smallest absolute Gasteiger partial charge is 0.254 e. The fourth-order valence-corrected chi connectivity index (χ4v) is 2.37. The molecule has 2 rings (SSSR count). The van der Waals surface area contributed by atoms with E-state index in [2.05, 4.69) is 9.69 Å². The van der Waals surface area contributed by atoms with Gasteiger partial charge >= 0.3 is 0 Å². The van der Waals surface area contributed by atoms with Gasteiger partial charge in [-0.2, -0.15) is 0 Å². The third-order valence-electron chi connectivity index (χ3n) is 2.81. The van der Waals surface area contributed by atoms with Gasteiger partial charge in [-0.3, -0.25) is 9.59 Å². The van der Waals surface area contributed by atoms with Crippen molar-refractivity contribution in [1.29, 1.82) is 0 Å². The van der Waals surface area contributed by atoms with Gasteiger partial charge in [0.1, 0.15) is 0 Å². The normalized spacial score (nSPS) is 23.3. The third kappa shape index (κ3) is 2.71. The van der Waals surface area contributed by atoms with Gasteiger partial charge in [0.2, 0.25) is 5.91 Å². The van der Waals surface area contributed by atoms with Gasteiger partial charge in [0, 0.05) is 11.4 Å². The maximum atomic E-state index is 11.8. The molecule has 0 saturated carbocycles. The minimum absolute atomic E-state index is 0.203. The van der Waals surface area contributed by atoms with Crippen molar-refractivity contribution in [2.24, 2.45) is 11.7 Å². The van der Waals surface area contributed by atoms with Crippen LogP contribution in [0.15, 0.2) is 23.7 Å². The average molecular weight is 251 g/mol. The minimum atomic E-state index is -0.372. The molecule has 17 heavy (non-hydrogen) atoms. The standard InChI is InChI=1S/C11H13N3O2S/c12-10(15)8-3-1-2-4-9(8)14-11(16)7-5-13-17-6-7/h1-2,5-6,8-9H,3-4H2,(H2,12,15)(H,14,16)/t8-,9-/m1/s1. The van der Waals surface area contributed by atoms with Crippen molar-refractivity contribution >= 4 is 23.3 Å². The number of nitrogens with two attached hydrogens (primary N) is 1. The number of nitrogens with one attached hydrogen (secondary N) is 1. The predicted molar refractivity (Wildman–Crippen MR) is 64.4 cm³/mol. The molecule has 1 aliphatic carbocycles. The van der Waals surface area contributed by atoms with Crippen molar-refractivity contribution in [3.63, 3.8) is 0 Å². The number of rotatable bonds is 3. The van der Waals surface area contributed by atoms with Crippen LogP contribution in [0, 0.1) is 5.92 Å². The number of amides is 2. The highest BCUT2D eigenvalue weighted by Crippen LogP contribution is 2.19. The van der Waals surface area contributed by atoms with Crippen LogP contribution in [0.1, 0.15) is 23.2 Å². The van der Waals surface area contributed by atoms with E-state index >= 15 is 0 Å². The first kappa shape index (κ1) is 11.8. The van der Waals surface area contributed by atoms with E-state index in [-0.39, 0.29) is 23.8 Å². The topological polar surface area (TPSA) is 85.1 Å². The van der Waals surface area contributed by atoms with Crippen LogP contribution < -0.4 is 11.1 Å². The maximum absolute atomic E-state index is 11.8. The van der Waals surface area contributed by atoms with Gasteiger partial charge in [-0.15, -0.1) is 0 Å². The van der Waals surface area contributed by atoms with Crippen LogP contribution in [0.2, 0.25) is 0 Å². The SMILES string of the molecule is NC(=O)[C@@H]1CC=CC[C@H]1NC(=O)c1cnsc1. The summed E-state index contributed by atoms with van der Waals surface area (Å²) in [6.07, 6.45) is 6.61. The molecule has 0 spiro atoms. The molecule has 2 amide bonds. The highest BCUT2D eigenvalue weighted by molar-refractivity contribution is 7.03. The van der Waals surface area contributed by atoms with E-state index < -0.39 is 0 Å². The van der Waals surface area contributed by atoms with Crippen molar-refractivity contribution in [2.45, 2.75) is 18.9 Å². The van der Waals surface area contributed by atoms with Crippen LogP contribution in [0.25, 0.3) is 0 Å². The first-order chi connectivity index (χ1) is 8.18. The number of aromatic nitrogens is 1. The number of carbonyl (C=O) groups excluding carboxylic acids is 2. The second-order valence-electron chi connectivity index (χ2n) is 3.94. The van der Waals surface area contributed by atoms with E-state index in [1.165, 1.54) is 17.7 Å². The number of carbonyl (C=O) groups is 2. The summed E-state index contributed by atoms with van der Waals surface area (Å²) in [5.41, 5.74) is 5.84. The van der Waals surface area contributed by atoms with E-state index in [1.807, 2.05) is 12.2 Å². The van der Waals surface area contributed by atoms with E-state index in [1.54, 1.807) is 5.38 Å². The number of nitrogens with zero attached hydrogens (tertiary/aromatic N) is 1. The molecule has 0 radical (unpaired) electrons. The molecular formula is C11H13N3O2S. The molecule has 3 N–H and O–H groups in total. The van der Waals surface area contributed by atoms with Gasteiger partial charge in [0.25, 0.3) is 5.91 Å². The van der Waals surface area contributed by atoms with Gasteiger partial charge in [-0.25, -0.2) is 4.37 Å². The number of hydrogen-bond donors (Lipinski definition) is 2. The summed E-state index contributed by atoms with van der Waals surface area (Å²) >= 11 is 1.22. The third-order valence-corrected chi connectivity index (χ3v) is 3.40. The second kappa shape index (κ2) is 5.09. The van der Waals surface area contributed by atoms with Gasteiger partial charge < -0.3 is 11.1 Å². The minimum Gasteiger partial charge on any atom is -0.369 e. The van der Waals surface area contributed by atoms with Crippen LogP contribution in [0.5, 0.6) is 0 Å². The zero-order valence-electron chi connectivity index (χ0n) is 9.13. The zero-order chi connectivity index (χ0) is 12.3. The Morgan fingerprint density at radius 2 is 2.18 bits per heavy atom. The molecule has 6 heteroatoms. The van der Waals surface area contributed by atoms with Crippen LogP contribution in [-0.4, -0.2) is 22.2 Å². The summed E-state index contributed by atoms with van der Waals surface area (Å²) in [6, 6.07) is -0.218. The molecule has 0 fully saturated rings. The maximum Gasteiger partial charge on any atom is 0.254 e. The van der Waals surface area contributed by atoms with Crippen molar-refractivity contribution in [3.05, 3.63) is 29.3 Å². The molecule has 0 bridgehead atoms. The van der Waals surface area contributed by atoms with Crippen LogP contribution in [-0.2, 0) is 4.79 Å². The lowest BCUT2D eigenvalue weighted by Crippen LogP contribution is -2.46. The number of allylic oxidation sites excluding steroid dienone is 1. The lowest BCUT2D eigenvalue weighted by molar-refractivity contribution is -0.122. The summed E-state index contributed by atoms with van der Waals surface area (Å²) in [5, 5.41) is 4.50. The Morgan fingerprint density at radius 3 is 2.82 bits per heavy atom. The van der Waals surface area contributed by atoms with Gasteiger partial charge in [-0.05, 0) is 24.4 Å². The second-order valence-corrected chi connectivity index (χ2v) is 4.60. The molecule has 1 aliphatic rings. The predicted octanol–water partition coefficient (Wildman–Crippen LogP) is 0.693. The molecule has 1 aromatic heterocycles. The summed E-state index contributed by atoms with van der Waals surface area (Å²) in [4.78, 5) is 23.1. The quantitative estimate of drug-likeness (QED) is 0.775. The Hall–Kier alpha value is -1.69. The molecule has 1 aromatic rings. The number of primary amides is 1. The molecular weight excluding hydrogens is 238 g/mol. The highest BCUT2D eigenvalue weighted by Gasteiger charge is 2.28. The Balaban J connectivity index is 2.04. The molecule has 0 unspecified atom stereocenters. The summed E-state index contributed by atoms with van der Waals surface area (Å²) < 4.78 is 3.87. The zero-order valence-corrected chi connectivity index (χ0v) is 9.94. The van der Waals surface area contributed by atoms with E-state index in [9.17, 15) is 9.59 Å². The van der Waals surface area contributed by atoms with Crippen LogP contribution in [0.3, 0.4) is 0 Å². The molecule has 0 aromatic carbocycles. The Kier molecular flexibility index (Phi) is 3.53. The molecule has 5 nitrogen and oxygen atoms in total. The molecule has 1 heterocycles. The first-order valence-corrected chi connectivity index (χ1v) is 6.16. The summed E-state index contributed by atoms with van der Waals surface area (Å²) in [6.45, 7) is 0. The largest absolute Gasteiger partial charge is 0.369 e. The Bertz CT molecular complexity index is 442. The fourth-order valence-electron chi connectivity index (χ4n) is 1.86. The van der Waals surface area contributed by atoms with E-state index in [0.717, 1.165) is 0 Å². The van der Waals surface area contributed by atoms with Crippen molar-refractivity contribution in [1.82, 2.24) is 9.69 Å². The molecule has 90 valence electrons.